The fraction of sp³-hybridized carbons (Fsp3) is 0.200. The summed E-state index contributed by atoms with van der Waals surface area (Å²) in [6.07, 6.45) is 1.59. The van der Waals surface area contributed by atoms with Crippen molar-refractivity contribution in [3.8, 4) is 0 Å². The number of nitrogens with two attached hydrogens (primary N) is 2. The molecule has 0 atom stereocenters. The SMILES string of the molecule is Cn1cnc(CNc2nc(C(N)=O)ccc2N)n1. The Morgan fingerprint density at radius 3 is 2.89 bits per heavy atom. The van der Waals surface area contributed by atoms with Crippen LogP contribution in [-0.2, 0) is 13.6 Å². The lowest BCUT2D eigenvalue weighted by atomic mass is 10.3. The first-order valence-corrected chi connectivity index (χ1v) is 5.21. The summed E-state index contributed by atoms with van der Waals surface area (Å²) in [5, 5.41) is 7.05. The number of anilines is 2. The van der Waals surface area contributed by atoms with Crippen LogP contribution in [0.5, 0.6) is 0 Å². The number of carbonyl (C=O) groups is 1. The molecule has 8 nitrogen and oxygen atoms in total. The first-order chi connectivity index (χ1) is 8.56. The molecule has 0 unspecified atom stereocenters. The van der Waals surface area contributed by atoms with E-state index in [0.29, 0.717) is 23.9 Å². The van der Waals surface area contributed by atoms with Crippen molar-refractivity contribution in [1.82, 2.24) is 19.7 Å². The summed E-state index contributed by atoms with van der Waals surface area (Å²) >= 11 is 0. The van der Waals surface area contributed by atoms with Gasteiger partial charge in [0.1, 0.15) is 12.0 Å². The minimum atomic E-state index is -0.603. The predicted octanol–water partition coefficient (Wildman–Crippen LogP) is -0.497. The fourth-order valence-electron chi connectivity index (χ4n) is 1.38. The molecule has 0 aliphatic heterocycles. The molecule has 0 fully saturated rings. The average molecular weight is 247 g/mol. The minimum Gasteiger partial charge on any atom is -0.396 e. The van der Waals surface area contributed by atoms with E-state index in [1.54, 1.807) is 24.1 Å². The number of hydrogen-bond donors (Lipinski definition) is 3. The van der Waals surface area contributed by atoms with E-state index in [0.717, 1.165) is 0 Å². The Kier molecular flexibility index (Phi) is 3.09. The normalized spacial score (nSPS) is 10.3. The van der Waals surface area contributed by atoms with Gasteiger partial charge in [-0.25, -0.2) is 9.97 Å². The molecule has 0 aromatic carbocycles. The molecule has 8 heteroatoms. The number of amides is 1. The molecule has 0 radical (unpaired) electrons. The lowest BCUT2D eigenvalue weighted by Gasteiger charge is -2.07. The number of pyridine rings is 1. The van der Waals surface area contributed by atoms with Crippen molar-refractivity contribution < 1.29 is 4.79 Å². The number of hydrogen-bond acceptors (Lipinski definition) is 6. The van der Waals surface area contributed by atoms with Crippen LogP contribution in [0.25, 0.3) is 0 Å². The summed E-state index contributed by atoms with van der Waals surface area (Å²) in [7, 11) is 1.77. The molecule has 0 saturated heterocycles. The second-order valence-corrected chi connectivity index (χ2v) is 3.69. The summed E-state index contributed by atoms with van der Waals surface area (Å²) in [5.41, 5.74) is 11.5. The molecule has 1 amide bonds. The van der Waals surface area contributed by atoms with Crippen LogP contribution in [0.1, 0.15) is 16.3 Å². The maximum Gasteiger partial charge on any atom is 0.267 e. The Hall–Kier alpha value is -2.64. The summed E-state index contributed by atoms with van der Waals surface area (Å²) < 4.78 is 1.59. The van der Waals surface area contributed by atoms with Gasteiger partial charge in [-0.05, 0) is 12.1 Å². The van der Waals surface area contributed by atoms with Gasteiger partial charge in [0, 0.05) is 7.05 Å². The predicted molar refractivity (Wildman–Crippen MR) is 65.5 cm³/mol. The molecular formula is C10H13N7O. The van der Waals surface area contributed by atoms with Crippen LogP contribution in [0.3, 0.4) is 0 Å². The van der Waals surface area contributed by atoms with Crippen LogP contribution in [-0.4, -0.2) is 25.7 Å². The van der Waals surface area contributed by atoms with Gasteiger partial charge in [-0.1, -0.05) is 0 Å². The Bertz CT molecular complexity index is 577. The van der Waals surface area contributed by atoms with E-state index in [1.165, 1.54) is 6.07 Å². The molecule has 2 heterocycles. The molecular weight excluding hydrogens is 234 g/mol. The smallest absolute Gasteiger partial charge is 0.267 e. The molecule has 0 spiro atoms. The zero-order valence-corrected chi connectivity index (χ0v) is 9.79. The highest BCUT2D eigenvalue weighted by Gasteiger charge is 2.07. The van der Waals surface area contributed by atoms with Crippen molar-refractivity contribution >= 4 is 17.4 Å². The molecule has 0 bridgehead atoms. The van der Waals surface area contributed by atoms with E-state index in [4.69, 9.17) is 11.5 Å². The van der Waals surface area contributed by atoms with E-state index in [9.17, 15) is 4.79 Å². The minimum absolute atomic E-state index is 0.153. The molecule has 0 aliphatic carbocycles. The van der Waals surface area contributed by atoms with Gasteiger partial charge in [0.25, 0.3) is 5.91 Å². The van der Waals surface area contributed by atoms with Crippen LogP contribution in [0.4, 0.5) is 11.5 Å². The highest BCUT2D eigenvalue weighted by atomic mass is 16.1. The summed E-state index contributed by atoms with van der Waals surface area (Å²) in [4.78, 5) is 19.1. The number of nitrogen functional groups attached to an aromatic ring is 1. The van der Waals surface area contributed by atoms with Crippen LogP contribution < -0.4 is 16.8 Å². The Labute approximate surface area is 103 Å². The van der Waals surface area contributed by atoms with Gasteiger partial charge < -0.3 is 16.8 Å². The van der Waals surface area contributed by atoms with Gasteiger partial charge in [-0.15, -0.1) is 0 Å². The van der Waals surface area contributed by atoms with Gasteiger partial charge in [-0.3, -0.25) is 9.48 Å². The van der Waals surface area contributed by atoms with Crippen LogP contribution >= 0.6 is 0 Å². The van der Waals surface area contributed by atoms with E-state index in [1.807, 2.05) is 0 Å². The third-order valence-corrected chi connectivity index (χ3v) is 2.24. The number of aryl methyl sites for hydroxylation is 1. The molecule has 0 aliphatic rings. The lowest BCUT2D eigenvalue weighted by Crippen LogP contribution is -2.15. The lowest BCUT2D eigenvalue weighted by molar-refractivity contribution is 0.0996. The molecule has 2 rings (SSSR count). The number of aromatic nitrogens is 4. The number of primary amides is 1. The number of carbonyl (C=O) groups excluding carboxylic acids is 1. The largest absolute Gasteiger partial charge is 0.396 e. The Morgan fingerprint density at radius 1 is 1.50 bits per heavy atom. The zero-order chi connectivity index (χ0) is 13.1. The van der Waals surface area contributed by atoms with Crippen molar-refractivity contribution in [2.75, 3.05) is 11.1 Å². The van der Waals surface area contributed by atoms with Crippen molar-refractivity contribution in [3.05, 3.63) is 30.0 Å². The van der Waals surface area contributed by atoms with Crippen molar-refractivity contribution in [3.63, 3.8) is 0 Å². The first kappa shape index (κ1) is 11.8. The molecule has 0 saturated carbocycles. The third-order valence-electron chi connectivity index (χ3n) is 2.24. The molecule has 5 N–H and O–H groups in total. The summed E-state index contributed by atoms with van der Waals surface area (Å²) in [5.74, 6) is 0.385. The van der Waals surface area contributed by atoms with Crippen LogP contribution in [0, 0.1) is 0 Å². The van der Waals surface area contributed by atoms with E-state index in [2.05, 4.69) is 20.4 Å². The molecule has 94 valence electrons. The van der Waals surface area contributed by atoms with Crippen molar-refractivity contribution in [2.24, 2.45) is 12.8 Å². The summed E-state index contributed by atoms with van der Waals surface area (Å²) in [6.45, 7) is 0.361. The van der Waals surface area contributed by atoms with Gasteiger partial charge in [-0.2, -0.15) is 5.10 Å². The van der Waals surface area contributed by atoms with Gasteiger partial charge in [0.15, 0.2) is 11.6 Å². The maximum atomic E-state index is 11.0. The van der Waals surface area contributed by atoms with Gasteiger partial charge >= 0.3 is 0 Å². The third kappa shape index (κ3) is 2.54. The average Bonchev–Trinajstić information content (AvgIpc) is 2.74. The second-order valence-electron chi connectivity index (χ2n) is 3.69. The fourth-order valence-corrected chi connectivity index (χ4v) is 1.38. The second kappa shape index (κ2) is 4.70. The monoisotopic (exact) mass is 247 g/mol. The molecule has 2 aromatic heterocycles. The maximum absolute atomic E-state index is 11.0. The van der Waals surface area contributed by atoms with E-state index < -0.39 is 5.91 Å². The standard InChI is InChI=1S/C10H13N7O/c1-17-5-14-8(16-17)4-13-10-6(11)2-3-7(15-10)9(12)18/h2-3,5H,4,11H2,1H3,(H2,12,18)(H,13,15). The summed E-state index contributed by atoms with van der Waals surface area (Å²) in [6, 6.07) is 3.04. The van der Waals surface area contributed by atoms with Gasteiger partial charge in [0.05, 0.1) is 12.2 Å². The highest BCUT2D eigenvalue weighted by molar-refractivity contribution is 5.91. The zero-order valence-electron chi connectivity index (χ0n) is 9.79. The topological polar surface area (TPSA) is 125 Å². The Morgan fingerprint density at radius 2 is 2.28 bits per heavy atom. The van der Waals surface area contributed by atoms with Crippen LogP contribution in [0.2, 0.25) is 0 Å². The van der Waals surface area contributed by atoms with Gasteiger partial charge in [0.2, 0.25) is 0 Å². The Balaban J connectivity index is 2.13. The quantitative estimate of drug-likeness (QED) is 0.669. The highest BCUT2D eigenvalue weighted by Crippen LogP contribution is 2.15. The van der Waals surface area contributed by atoms with Crippen molar-refractivity contribution in [2.45, 2.75) is 6.54 Å². The number of rotatable bonds is 4. The molecule has 18 heavy (non-hydrogen) atoms. The van der Waals surface area contributed by atoms with E-state index in [-0.39, 0.29) is 5.69 Å². The molecule has 2 aromatic rings. The number of nitrogens with one attached hydrogen (secondary N) is 1. The first-order valence-electron chi connectivity index (χ1n) is 5.21. The van der Waals surface area contributed by atoms with Crippen molar-refractivity contribution in [1.29, 1.82) is 0 Å². The van der Waals surface area contributed by atoms with E-state index >= 15 is 0 Å². The van der Waals surface area contributed by atoms with Crippen LogP contribution in [0.15, 0.2) is 18.5 Å². The number of nitrogens with zero attached hydrogens (tertiary/aromatic N) is 4.